The van der Waals surface area contributed by atoms with Crippen molar-refractivity contribution in [3.05, 3.63) is 65.5 Å². The van der Waals surface area contributed by atoms with Crippen molar-refractivity contribution >= 4 is 17.3 Å². The third-order valence-electron chi connectivity index (χ3n) is 4.81. The molecule has 0 aliphatic carbocycles. The SMILES string of the molecule is Cc1cccnc1C1=CCN(C(=O)Nc2ccc(C(C)(C)C)cc2)CC1. The summed E-state index contributed by atoms with van der Waals surface area (Å²) in [7, 11) is 0. The first-order valence-corrected chi connectivity index (χ1v) is 9.12. The maximum Gasteiger partial charge on any atom is 0.322 e. The Kier molecular flexibility index (Phi) is 5.12. The molecule has 2 aromatic rings. The second-order valence-corrected chi connectivity index (χ2v) is 7.85. The minimum Gasteiger partial charge on any atom is -0.320 e. The standard InChI is InChI=1S/C22H27N3O/c1-16-6-5-13-23-20(16)17-11-14-25(15-12-17)21(26)24-19-9-7-18(8-10-19)22(2,3)4/h5-11,13H,12,14-15H2,1-4H3,(H,24,26). The third kappa shape index (κ3) is 4.13. The van der Waals surface area contributed by atoms with Gasteiger partial charge < -0.3 is 10.2 Å². The van der Waals surface area contributed by atoms with Crippen LogP contribution in [0.15, 0.2) is 48.7 Å². The van der Waals surface area contributed by atoms with Crippen LogP contribution >= 0.6 is 0 Å². The van der Waals surface area contributed by atoms with E-state index in [0.29, 0.717) is 13.1 Å². The summed E-state index contributed by atoms with van der Waals surface area (Å²) in [6.07, 6.45) is 4.76. The molecule has 1 aromatic carbocycles. The molecule has 2 heterocycles. The van der Waals surface area contributed by atoms with Gasteiger partial charge in [-0.15, -0.1) is 0 Å². The lowest BCUT2D eigenvalue weighted by atomic mass is 9.87. The molecule has 1 aliphatic heterocycles. The Morgan fingerprint density at radius 3 is 2.46 bits per heavy atom. The van der Waals surface area contributed by atoms with E-state index in [4.69, 9.17) is 0 Å². The summed E-state index contributed by atoms with van der Waals surface area (Å²) < 4.78 is 0. The molecule has 0 atom stereocenters. The molecular weight excluding hydrogens is 322 g/mol. The molecule has 4 heteroatoms. The molecule has 1 aliphatic rings. The van der Waals surface area contributed by atoms with Crippen molar-refractivity contribution in [1.29, 1.82) is 0 Å². The van der Waals surface area contributed by atoms with Gasteiger partial charge in [-0.3, -0.25) is 4.98 Å². The van der Waals surface area contributed by atoms with E-state index in [9.17, 15) is 4.79 Å². The van der Waals surface area contributed by atoms with Gasteiger partial charge in [-0.05, 0) is 53.7 Å². The summed E-state index contributed by atoms with van der Waals surface area (Å²) >= 11 is 0. The molecule has 1 aromatic heterocycles. The molecule has 4 nitrogen and oxygen atoms in total. The number of urea groups is 1. The van der Waals surface area contributed by atoms with Gasteiger partial charge in [0.25, 0.3) is 0 Å². The highest BCUT2D eigenvalue weighted by Crippen LogP contribution is 2.25. The normalized spacial score (nSPS) is 14.8. The van der Waals surface area contributed by atoms with Gasteiger partial charge in [0.15, 0.2) is 0 Å². The molecule has 0 bridgehead atoms. The number of aryl methyl sites for hydroxylation is 1. The molecule has 1 N–H and O–H groups in total. The summed E-state index contributed by atoms with van der Waals surface area (Å²) in [5.41, 5.74) is 5.65. The Hall–Kier alpha value is -2.62. The second kappa shape index (κ2) is 7.32. The van der Waals surface area contributed by atoms with E-state index >= 15 is 0 Å². The average molecular weight is 349 g/mol. The number of rotatable bonds is 2. The van der Waals surface area contributed by atoms with Crippen molar-refractivity contribution < 1.29 is 4.79 Å². The molecule has 0 spiro atoms. The molecule has 0 unspecified atom stereocenters. The van der Waals surface area contributed by atoms with Gasteiger partial charge >= 0.3 is 6.03 Å². The Bertz CT molecular complexity index is 816. The number of amides is 2. The number of nitrogens with zero attached hydrogens (tertiary/aromatic N) is 2. The molecule has 0 saturated carbocycles. The molecular formula is C22H27N3O. The predicted octanol–water partition coefficient (Wildman–Crippen LogP) is 5.01. The van der Waals surface area contributed by atoms with E-state index in [2.05, 4.69) is 62.3 Å². The van der Waals surface area contributed by atoms with E-state index in [1.54, 1.807) is 0 Å². The van der Waals surface area contributed by atoms with Gasteiger partial charge in [0.1, 0.15) is 0 Å². The Balaban J connectivity index is 1.63. The van der Waals surface area contributed by atoms with Crippen LogP contribution in [0.25, 0.3) is 5.57 Å². The van der Waals surface area contributed by atoms with Crippen LogP contribution in [-0.2, 0) is 5.41 Å². The maximum atomic E-state index is 12.5. The quantitative estimate of drug-likeness (QED) is 0.828. The van der Waals surface area contributed by atoms with E-state index < -0.39 is 0 Å². The molecule has 0 saturated heterocycles. The monoisotopic (exact) mass is 349 g/mol. The van der Waals surface area contributed by atoms with Crippen molar-refractivity contribution in [2.24, 2.45) is 0 Å². The fourth-order valence-corrected chi connectivity index (χ4v) is 3.15. The zero-order valence-electron chi connectivity index (χ0n) is 16.0. The fraction of sp³-hybridized carbons (Fsp3) is 0.364. The van der Waals surface area contributed by atoms with Gasteiger partial charge in [-0.1, -0.05) is 45.0 Å². The number of hydrogen-bond acceptors (Lipinski definition) is 2. The van der Waals surface area contributed by atoms with E-state index in [1.165, 1.54) is 16.7 Å². The summed E-state index contributed by atoms with van der Waals surface area (Å²) in [6, 6.07) is 12.1. The second-order valence-electron chi connectivity index (χ2n) is 7.85. The topological polar surface area (TPSA) is 45.2 Å². The lowest BCUT2D eigenvalue weighted by Crippen LogP contribution is -2.38. The first kappa shape index (κ1) is 18.2. The van der Waals surface area contributed by atoms with Crippen molar-refractivity contribution in [2.75, 3.05) is 18.4 Å². The number of hydrogen-bond donors (Lipinski definition) is 1. The van der Waals surface area contributed by atoms with Gasteiger partial charge in [0.2, 0.25) is 0 Å². The van der Waals surface area contributed by atoms with Gasteiger partial charge in [0.05, 0.1) is 5.69 Å². The number of benzene rings is 1. The first-order chi connectivity index (χ1) is 12.3. The fourth-order valence-electron chi connectivity index (χ4n) is 3.15. The highest BCUT2D eigenvalue weighted by molar-refractivity contribution is 5.90. The number of nitrogens with one attached hydrogen (secondary N) is 1. The number of pyridine rings is 1. The summed E-state index contributed by atoms with van der Waals surface area (Å²) in [5, 5.41) is 3.00. The van der Waals surface area contributed by atoms with Crippen LogP contribution in [0.4, 0.5) is 10.5 Å². The summed E-state index contributed by atoms with van der Waals surface area (Å²) in [5.74, 6) is 0. The first-order valence-electron chi connectivity index (χ1n) is 9.12. The van der Waals surface area contributed by atoms with E-state index in [0.717, 1.165) is 17.8 Å². The third-order valence-corrected chi connectivity index (χ3v) is 4.81. The maximum absolute atomic E-state index is 12.5. The number of carbonyl (C=O) groups is 1. The molecule has 0 fully saturated rings. The lowest BCUT2D eigenvalue weighted by molar-refractivity contribution is 0.217. The Labute approximate surface area is 155 Å². The van der Waals surface area contributed by atoms with Gasteiger partial charge in [-0.25, -0.2) is 4.79 Å². The van der Waals surface area contributed by atoms with Crippen LogP contribution in [0, 0.1) is 6.92 Å². The minimum absolute atomic E-state index is 0.0541. The van der Waals surface area contributed by atoms with Crippen molar-refractivity contribution in [2.45, 2.75) is 39.5 Å². The van der Waals surface area contributed by atoms with Crippen molar-refractivity contribution in [3.8, 4) is 0 Å². The van der Waals surface area contributed by atoms with Gasteiger partial charge in [-0.2, -0.15) is 0 Å². The number of carbonyl (C=O) groups excluding carboxylic acids is 1. The van der Waals surface area contributed by atoms with Crippen LogP contribution in [-0.4, -0.2) is 29.0 Å². The molecule has 2 amide bonds. The van der Waals surface area contributed by atoms with Crippen LogP contribution in [0.1, 0.15) is 44.0 Å². The van der Waals surface area contributed by atoms with Crippen molar-refractivity contribution in [1.82, 2.24) is 9.88 Å². The summed E-state index contributed by atoms with van der Waals surface area (Å²) in [4.78, 5) is 18.8. The number of anilines is 1. The van der Waals surface area contributed by atoms with Crippen LogP contribution in [0.2, 0.25) is 0 Å². The zero-order chi connectivity index (χ0) is 18.7. The summed E-state index contributed by atoms with van der Waals surface area (Å²) in [6.45, 7) is 9.93. The van der Waals surface area contributed by atoms with Crippen LogP contribution < -0.4 is 5.32 Å². The number of aromatic nitrogens is 1. The van der Waals surface area contributed by atoms with Crippen LogP contribution in [0.5, 0.6) is 0 Å². The minimum atomic E-state index is -0.0541. The van der Waals surface area contributed by atoms with Crippen LogP contribution in [0.3, 0.4) is 0 Å². The highest BCUT2D eigenvalue weighted by atomic mass is 16.2. The van der Waals surface area contributed by atoms with Crippen molar-refractivity contribution in [3.63, 3.8) is 0 Å². The zero-order valence-corrected chi connectivity index (χ0v) is 16.0. The van der Waals surface area contributed by atoms with E-state index in [-0.39, 0.29) is 11.4 Å². The molecule has 26 heavy (non-hydrogen) atoms. The van der Waals surface area contributed by atoms with Gasteiger partial charge in [0, 0.05) is 25.0 Å². The molecule has 136 valence electrons. The molecule has 0 radical (unpaired) electrons. The predicted molar refractivity (Wildman–Crippen MR) is 107 cm³/mol. The average Bonchev–Trinajstić information content (AvgIpc) is 2.62. The largest absolute Gasteiger partial charge is 0.322 e. The lowest BCUT2D eigenvalue weighted by Gasteiger charge is -2.27. The molecule has 3 rings (SSSR count). The Morgan fingerprint density at radius 1 is 1.15 bits per heavy atom. The Morgan fingerprint density at radius 2 is 1.88 bits per heavy atom. The highest BCUT2D eigenvalue weighted by Gasteiger charge is 2.19. The smallest absolute Gasteiger partial charge is 0.320 e. The van der Waals surface area contributed by atoms with E-state index in [1.807, 2.05) is 29.3 Å².